The number of ether oxygens (including phenoxy) is 1. The molecule has 2 aromatic rings. The number of rotatable bonds is 2. The standard InChI is InChI=1S/C16H9FO4/c17-12-4-2-1-3-9(12)8-14-15(18)11-7-10(16(19)20)5-6-13(11)21-14/h1-8H,(H,19,20)/b14-8-. The van der Waals surface area contributed by atoms with Gasteiger partial charge in [0.05, 0.1) is 11.1 Å². The lowest BCUT2D eigenvalue weighted by Gasteiger charge is -1.99. The first-order chi connectivity index (χ1) is 10.1. The highest BCUT2D eigenvalue weighted by molar-refractivity contribution is 6.15. The van der Waals surface area contributed by atoms with Crippen LogP contribution in [-0.2, 0) is 0 Å². The largest absolute Gasteiger partial charge is 0.478 e. The predicted molar refractivity (Wildman–Crippen MR) is 72.7 cm³/mol. The quantitative estimate of drug-likeness (QED) is 0.860. The number of carbonyl (C=O) groups is 2. The second kappa shape index (κ2) is 4.86. The van der Waals surface area contributed by atoms with Gasteiger partial charge in [-0.2, -0.15) is 0 Å². The van der Waals surface area contributed by atoms with Crippen LogP contribution < -0.4 is 4.74 Å². The molecule has 0 aliphatic carbocycles. The molecule has 0 unspecified atom stereocenters. The molecule has 0 amide bonds. The second-order valence-corrected chi connectivity index (χ2v) is 4.48. The van der Waals surface area contributed by atoms with Gasteiger partial charge in [0.1, 0.15) is 11.6 Å². The summed E-state index contributed by atoms with van der Waals surface area (Å²) in [5.41, 5.74) is 0.391. The maximum Gasteiger partial charge on any atom is 0.335 e. The van der Waals surface area contributed by atoms with Gasteiger partial charge in [0.15, 0.2) is 5.76 Å². The topological polar surface area (TPSA) is 63.6 Å². The number of Topliss-reactive ketones (excluding diaryl/α,β-unsaturated/α-hetero) is 1. The van der Waals surface area contributed by atoms with Gasteiger partial charge in [-0.15, -0.1) is 0 Å². The maximum absolute atomic E-state index is 13.6. The number of benzene rings is 2. The highest BCUT2D eigenvalue weighted by Crippen LogP contribution is 2.32. The van der Waals surface area contributed by atoms with Crippen molar-refractivity contribution in [3.63, 3.8) is 0 Å². The van der Waals surface area contributed by atoms with E-state index in [-0.39, 0.29) is 28.2 Å². The molecular weight excluding hydrogens is 275 g/mol. The van der Waals surface area contributed by atoms with Crippen LogP contribution >= 0.6 is 0 Å². The zero-order valence-electron chi connectivity index (χ0n) is 10.7. The van der Waals surface area contributed by atoms with Crippen LogP contribution in [0.4, 0.5) is 4.39 Å². The van der Waals surface area contributed by atoms with Crippen molar-refractivity contribution in [1.29, 1.82) is 0 Å². The molecular formula is C16H9FO4. The van der Waals surface area contributed by atoms with Gasteiger partial charge in [0.25, 0.3) is 0 Å². The summed E-state index contributed by atoms with van der Waals surface area (Å²) in [5.74, 6) is -1.82. The molecule has 0 saturated carbocycles. The Balaban J connectivity index is 2.01. The first kappa shape index (κ1) is 13.1. The third kappa shape index (κ3) is 2.29. The number of aromatic carboxylic acids is 1. The molecule has 4 nitrogen and oxygen atoms in total. The van der Waals surface area contributed by atoms with Crippen LogP contribution in [0.25, 0.3) is 6.08 Å². The molecule has 104 valence electrons. The summed E-state index contributed by atoms with van der Waals surface area (Å²) in [5, 5.41) is 8.92. The summed E-state index contributed by atoms with van der Waals surface area (Å²) >= 11 is 0. The number of carboxylic acids is 1. The van der Waals surface area contributed by atoms with Gasteiger partial charge < -0.3 is 9.84 Å². The Morgan fingerprint density at radius 2 is 1.95 bits per heavy atom. The predicted octanol–water partition coefficient (Wildman–Crippen LogP) is 3.14. The Labute approximate surface area is 119 Å². The summed E-state index contributed by atoms with van der Waals surface area (Å²) in [6.45, 7) is 0. The Hall–Kier alpha value is -2.95. The molecule has 1 heterocycles. The number of halogens is 1. The number of carboxylic acid groups (broad SMARTS) is 1. The number of carbonyl (C=O) groups excluding carboxylic acids is 1. The van der Waals surface area contributed by atoms with Crippen molar-refractivity contribution in [3.8, 4) is 5.75 Å². The molecule has 0 radical (unpaired) electrons. The van der Waals surface area contributed by atoms with E-state index in [2.05, 4.69) is 0 Å². The van der Waals surface area contributed by atoms with Crippen LogP contribution in [0.2, 0.25) is 0 Å². The van der Waals surface area contributed by atoms with Crippen LogP contribution in [0.3, 0.4) is 0 Å². The van der Waals surface area contributed by atoms with Crippen molar-refractivity contribution in [2.24, 2.45) is 0 Å². The van der Waals surface area contributed by atoms with E-state index in [0.29, 0.717) is 0 Å². The number of hydrogen-bond donors (Lipinski definition) is 1. The lowest BCUT2D eigenvalue weighted by atomic mass is 10.1. The van der Waals surface area contributed by atoms with Crippen LogP contribution in [-0.4, -0.2) is 16.9 Å². The molecule has 0 bridgehead atoms. The van der Waals surface area contributed by atoms with Crippen molar-refractivity contribution in [1.82, 2.24) is 0 Å². The van der Waals surface area contributed by atoms with Gasteiger partial charge in [-0.25, -0.2) is 9.18 Å². The zero-order valence-corrected chi connectivity index (χ0v) is 10.7. The molecule has 0 fully saturated rings. The SMILES string of the molecule is O=C(O)c1ccc2c(c1)C(=O)/C(=C/c1ccccc1F)O2. The summed E-state index contributed by atoms with van der Waals surface area (Å²) in [4.78, 5) is 23.1. The van der Waals surface area contributed by atoms with Crippen molar-refractivity contribution in [3.05, 3.63) is 70.7 Å². The average Bonchev–Trinajstić information content (AvgIpc) is 2.77. The molecule has 1 aliphatic rings. The zero-order chi connectivity index (χ0) is 15.0. The van der Waals surface area contributed by atoms with Gasteiger partial charge in [-0.1, -0.05) is 18.2 Å². The molecule has 0 saturated heterocycles. The molecule has 0 spiro atoms. The van der Waals surface area contributed by atoms with Crippen molar-refractivity contribution in [2.75, 3.05) is 0 Å². The molecule has 21 heavy (non-hydrogen) atoms. The Bertz CT molecular complexity index is 793. The third-order valence-electron chi connectivity index (χ3n) is 3.11. The fraction of sp³-hybridized carbons (Fsp3) is 0. The highest BCUT2D eigenvalue weighted by Gasteiger charge is 2.28. The van der Waals surface area contributed by atoms with Gasteiger partial charge in [0, 0.05) is 5.56 Å². The minimum Gasteiger partial charge on any atom is -0.478 e. The van der Waals surface area contributed by atoms with E-state index < -0.39 is 17.6 Å². The molecule has 2 aromatic carbocycles. The van der Waals surface area contributed by atoms with Gasteiger partial charge in [0.2, 0.25) is 5.78 Å². The number of allylic oxidation sites excluding steroid dienone is 1. The van der Waals surface area contributed by atoms with Crippen LogP contribution in [0.5, 0.6) is 5.75 Å². The maximum atomic E-state index is 13.6. The van der Waals surface area contributed by atoms with E-state index in [1.165, 1.54) is 36.4 Å². The molecule has 0 atom stereocenters. The Kier molecular flexibility index (Phi) is 3.02. The smallest absolute Gasteiger partial charge is 0.335 e. The first-order valence-electron chi connectivity index (χ1n) is 6.12. The fourth-order valence-corrected chi connectivity index (χ4v) is 2.06. The first-order valence-corrected chi connectivity index (χ1v) is 6.12. The lowest BCUT2D eigenvalue weighted by Crippen LogP contribution is -2.00. The molecule has 1 N–H and O–H groups in total. The van der Waals surface area contributed by atoms with Gasteiger partial charge >= 0.3 is 5.97 Å². The van der Waals surface area contributed by atoms with Crippen LogP contribution in [0.1, 0.15) is 26.3 Å². The van der Waals surface area contributed by atoms with Crippen molar-refractivity contribution < 1.29 is 23.8 Å². The summed E-state index contributed by atoms with van der Waals surface area (Å²) < 4.78 is 18.9. The Morgan fingerprint density at radius 1 is 1.19 bits per heavy atom. The van der Waals surface area contributed by atoms with Crippen LogP contribution in [0, 0.1) is 5.82 Å². The van der Waals surface area contributed by atoms with Crippen molar-refractivity contribution >= 4 is 17.8 Å². The number of ketones is 1. The van der Waals surface area contributed by atoms with Crippen molar-refractivity contribution in [2.45, 2.75) is 0 Å². The van der Waals surface area contributed by atoms with Crippen LogP contribution in [0.15, 0.2) is 48.2 Å². The monoisotopic (exact) mass is 284 g/mol. The van der Waals surface area contributed by atoms with Gasteiger partial charge in [-0.05, 0) is 30.3 Å². The van der Waals surface area contributed by atoms with E-state index in [1.807, 2.05) is 0 Å². The summed E-state index contributed by atoms with van der Waals surface area (Å²) in [7, 11) is 0. The average molecular weight is 284 g/mol. The highest BCUT2D eigenvalue weighted by atomic mass is 19.1. The summed E-state index contributed by atoms with van der Waals surface area (Å²) in [6, 6.07) is 10.0. The number of fused-ring (bicyclic) bond motifs is 1. The minimum absolute atomic E-state index is 0.00200. The fourth-order valence-electron chi connectivity index (χ4n) is 2.06. The Morgan fingerprint density at radius 3 is 2.67 bits per heavy atom. The van der Waals surface area contributed by atoms with E-state index >= 15 is 0 Å². The summed E-state index contributed by atoms with van der Waals surface area (Å²) in [6.07, 6.45) is 1.30. The number of hydrogen-bond acceptors (Lipinski definition) is 3. The van der Waals surface area contributed by atoms with Gasteiger partial charge in [-0.3, -0.25) is 4.79 Å². The van der Waals surface area contributed by atoms with E-state index in [1.54, 1.807) is 12.1 Å². The normalized spacial score (nSPS) is 14.9. The van der Waals surface area contributed by atoms with E-state index in [9.17, 15) is 14.0 Å². The molecule has 5 heteroatoms. The third-order valence-corrected chi connectivity index (χ3v) is 3.11. The molecule has 1 aliphatic heterocycles. The second-order valence-electron chi connectivity index (χ2n) is 4.48. The van der Waals surface area contributed by atoms with E-state index in [0.717, 1.165) is 0 Å². The molecule has 0 aromatic heterocycles. The lowest BCUT2D eigenvalue weighted by molar-refractivity contribution is 0.0697. The minimum atomic E-state index is -1.13. The van der Waals surface area contributed by atoms with E-state index in [4.69, 9.17) is 9.84 Å². The molecule has 3 rings (SSSR count).